The smallest absolute Gasteiger partial charge is 0.350 e. The molecule has 0 fully saturated rings. The third-order valence-corrected chi connectivity index (χ3v) is 3.08. The van der Waals surface area contributed by atoms with Crippen LogP contribution in [0.5, 0.6) is 0 Å². The molecule has 1 rings (SSSR count). The minimum atomic E-state index is 0.0910. The Morgan fingerprint density at radius 3 is 2.16 bits per heavy atom. The highest BCUT2D eigenvalue weighted by atomic mass is 16.1. The van der Waals surface area contributed by atoms with Gasteiger partial charge < -0.3 is 10.8 Å². The van der Waals surface area contributed by atoms with Gasteiger partial charge in [-0.15, -0.1) is 0 Å². The summed E-state index contributed by atoms with van der Waals surface area (Å²) in [4.78, 5) is 13.6. The van der Waals surface area contributed by atoms with Gasteiger partial charge >= 0.3 is 5.71 Å². The van der Waals surface area contributed by atoms with E-state index in [1.807, 2.05) is 0 Å². The highest BCUT2D eigenvalue weighted by Crippen LogP contribution is 2.32. The molecule has 0 spiro atoms. The maximum atomic E-state index is 10.7. The molecule has 0 amide bonds. The first-order valence-corrected chi connectivity index (χ1v) is 6.54. The van der Waals surface area contributed by atoms with E-state index in [1.54, 1.807) is 0 Å². The number of hydrogen-bond donors (Lipinski definition) is 1. The minimum Gasteiger partial charge on any atom is -0.374 e. The van der Waals surface area contributed by atoms with Crippen LogP contribution in [-0.2, 0) is 4.79 Å². The van der Waals surface area contributed by atoms with Crippen LogP contribution in [0.1, 0.15) is 50.7 Å². The molecule has 1 N–H and O–H groups in total. The number of benzene rings is 1. The van der Waals surface area contributed by atoms with Crippen molar-refractivity contribution in [2.75, 3.05) is 11.9 Å². The van der Waals surface area contributed by atoms with Gasteiger partial charge in [0.05, 0.1) is 0 Å². The number of hydrogen-bond acceptors (Lipinski definition) is 2. The topological polar surface area (TPSA) is 65.5 Å². The number of nitrogens with one attached hydrogen (secondary N) is 1. The van der Waals surface area contributed by atoms with E-state index < -0.39 is 0 Å². The average molecular weight is 259 g/mol. The van der Waals surface area contributed by atoms with Gasteiger partial charge in [-0.25, -0.2) is 0 Å². The predicted molar refractivity (Wildman–Crippen MR) is 77.8 cm³/mol. The summed E-state index contributed by atoms with van der Waals surface area (Å²) in [6, 6.07) is 6.21. The highest BCUT2D eigenvalue weighted by Gasteiger charge is 2.15. The van der Waals surface area contributed by atoms with Crippen LogP contribution in [0.15, 0.2) is 18.2 Å². The SMILES string of the molecule is CC(C)c1cccc(C(C)C)c1NCC(C=O)=[N+]=[N-]. The molecule has 1 aromatic rings. The minimum absolute atomic E-state index is 0.0910. The number of rotatable bonds is 6. The van der Waals surface area contributed by atoms with Crippen molar-refractivity contribution in [1.82, 2.24) is 0 Å². The van der Waals surface area contributed by atoms with Gasteiger partial charge in [0.15, 0.2) is 0 Å². The van der Waals surface area contributed by atoms with E-state index in [1.165, 1.54) is 11.1 Å². The van der Waals surface area contributed by atoms with Crippen molar-refractivity contribution in [3.05, 3.63) is 34.9 Å². The fourth-order valence-electron chi connectivity index (χ4n) is 2.03. The summed E-state index contributed by atoms with van der Waals surface area (Å²) < 4.78 is 0. The first-order chi connectivity index (χ1) is 9.01. The van der Waals surface area contributed by atoms with Gasteiger partial charge in [0.2, 0.25) is 6.29 Å². The van der Waals surface area contributed by atoms with Crippen LogP contribution in [0, 0.1) is 0 Å². The van der Waals surface area contributed by atoms with Gasteiger partial charge in [0, 0.05) is 5.69 Å². The van der Waals surface area contributed by atoms with Gasteiger partial charge in [-0.3, -0.25) is 4.79 Å². The Labute approximate surface area is 114 Å². The van der Waals surface area contributed by atoms with E-state index in [2.05, 4.69) is 56.0 Å². The molecule has 0 heterocycles. The third-order valence-electron chi connectivity index (χ3n) is 3.08. The Hall–Kier alpha value is -1.93. The average Bonchev–Trinajstić information content (AvgIpc) is 2.39. The number of carbonyl (C=O) groups excluding carboxylic acids is 1. The van der Waals surface area contributed by atoms with Gasteiger partial charge in [0.1, 0.15) is 6.54 Å². The van der Waals surface area contributed by atoms with E-state index in [0.717, 1.165) is 5.69 Å². The maximum absolute atomic E-state index is 10.7. The molecule has 0 saturated heterocycles. The van der Waals surface area contributed by atoms with E-state index in [-0.39, 0.29) is 12.3 Å². The first kappa shape index (κ1) is 15.1. The van der Waals surface area contributed by atoms with Crippen molar-refractivity contribution in [3.63, 3.8) is 0 Å². The first-order valence-electron chi connectivity index (χ1n) is 6.54. The summed E-state index contributed by atoms with van der Waals surface area (Å²) in [7, 11) is 0. The zero-order valence-electron chi connectivity index (χ0n) is 12.0. The number of carbonyl (C=O) groups is 1. The lowest BCUT2D eigenvalue weighted by Gasteiger charge is -2.19. The van der Waals surface area contributed by atoms with Gasteiger partial charge in [0.25, 0.3) is 0 Å². The summed E-state index contributed by atoms with van der Waals surface area (Å²) in [6.45, 7) is 8.75. The fraction of sp³-hybridized carbons (Fsp3) is 0.467. The van der Waals surface area contributed by atoms with E-state index in [9.17, 15) is 4.79 Å². The molecular weight excluding hydrogens is 238 g/mol. The lowest BCUT2D eigenvalue weighted by Crippen LogP contribution is -2.18. The van der Waals surface area contributed by atoms with Gasteiger partial charge in [-0.2, -0.15) is 4.79 Å². The quantitative estimate of drug-likeness (QED) is 0.369. The fourth-order valence-corrected chi connectivity index (χ4v) is 2.03. The van der Waals surface area contributed by atoms with Gasteiger partial charge in [-0.05, 0) is 23.0 Å². The molecule has 0 radical (unpaired) electrons. The van der Waals surface area contributed by atoms with Crippen LogP contribution in [-0.4, -0.2) is 23.3 Å². The lowest BCUT2D eigenvalue weighted by molar-refractivity contribution is -0.106. The molecule has 1 aromatic carbocycles. The van der Waals surface area contributed by atoms with Crippen LogP contribution in [0.4, 0.5) is 5.69 Å². The Balaban J connectivity index is 3.14. The van der Waals surface area contributed by atoms with Gasteiger partial charge in [-0.1, -0.05) is 45.9 Å². The largest absolute Gasteiger partial charge is 0.374 e. The van der Waals surface area contributed by atoms with Crippen molar-refractivity contribution >= 4 is 17.7 Å². The summed E-state index contributed by atoms with van der Waals surface area (Å²) in [5, 5.41) is 3.22. The van der Waals surface area contributed by atoms with Crippen LogP contribution >= 0.6 is 0 Å². The molecule has 0 saturated carbocycles. The Morgan fingerprint density at radius 1 is 1.26 bits per heavy atom. The molecule has 0 aliphatic rings. The normalized spacial score (nSPS) is 10.4. The second kappa shape index (κ2) is 6.86. The molecule has 102 valence electrons. The van der Waals surface area contributed by atoms with Crippen LogP contribution in [0.2, 0.25) is 0 Å². The maximum Gasteiger partial charge on any atom is 0.350 e. The molecule has 4 heteroatoms. The molecule has 4 nitrogen and oxygen atoms in total. The molecule has 0 aromatic heterocycles. The molecular formula is C15H21N3O. The molecule has 0 unspecified atom stereocenters. The zero-order valence-corrected chi connectivity index (χ0v) is 12.0. The van der Waals surface area contributed by atoms with Crippen LogP contribution in [0.3, 0.4) is 0 Å². The molecule has 0 atom stereocenters. The monoisotopic (exact) mass is 259 g/mol. The van der Waals surface area contributed by atoms with Crippen molar-refractivity contribution in [3.8, 4) is 0 Å². The Morgan fingerprint density at radius 2 is 1.79 bits per heavy atom. The number of para-hydroxylation sites is 1. The third kappa shape index (κ3) is 3.76. The number of anilines is 1. The molecule has 19 heavy (non-hydrogen) atoms. The summed E-state index contributed by atoms with van der Waals surface area (Å²) in [5.74, 6) is 0.763. The lowest BCUT2D eigenvalue weighted by atomic mass is 9.92. The van der Waals surface area contributed by atoms with Crippen molar-refractivity contribution < 1.29 is 9.58 Å². The highest BCUT2D eigenvalue weighted by molar-refractivity contribution is 6.26. The molecule has 0 aliphatic heterocycles. The molecule has 0 aliphatic carbocycles. The van der Waals surface area contributed by atoms with Crippen molar-refractivity contribution in [1.29, 1.82) is 0 Å². The van der Waals surface area contributed by atoms with E-state index >= 15 is 0 Å². The summed E-state index contributed by atoms with van der Waals surface area (Å²) >= 11 is 0. The number of aldehydes is 1. The van der Waals surface area contributed by atoms with Crippen molar-refractivity contribution in [2.45, 2.75) is 39.5 Å². The molecule has 0 bridgehead atoms. The number of nitrogens with zero attached hydrogens (tertiary/aromatic N) is 2. The summed E-state index contributed by atoms with van der Waals surface area (Å²) in [5.41, 5.74) is 12.2. The van der Waals surface area contributed by atoms with Crippen molar-refractivity contribution in [2.24, 2.45) is 0 Å². The standard InChI is InChI=1S/C15H21N3O/c1-10(2)13-6-5-7-14(11(3)4)15(13)17-8-12(9-19)18-16/h5-7,9-11,17H,8H2,1-4H3. The summed E-state index contributed by atoms with van der Waals surface area (Å²) in [6.07, 6.45) is 0.556. The second-order valence-electron chi connectivity index (χ2n) is 5.18. The van der Waals surface area contributed by atoms with Crippen LogP contribution in [0.25, 0.3) is 5.53 Å². The Bertz CT molecular complexity index is 474. The van der Waals surface area contributed by atoms with E-state index in [4.69, 9.17) is 5.53 Å². The van der Waals surface area contributed by atoms with E-state index in [0.29, 0.717) is 18.1 Å². The zero-order chi connectivity index (χ0) is 14.4. The predicted octanol–water partition coefficient (Wildman–Crippen LogP) is 3.22. The second-order valence-corrected chi connectivity index (χ2v) is 5.18. The van der Waals surface area contributed by atoms with Crippen LogP contribution < -0.4 is 5.32 Å². The Kier molecular flexibility index (Phi) is 5.46.